The van der Waals surface area contributed by atoms with Gasteiger partial charge in [-0.3, -0.25) is 14.2 Å². The first-order valence-corrected chi connectivity index (χ1v) is 14.8. The van der Waals surface area contributed by atoms with Gasteiger partial charge in [-0.25, -0.2) is 4.98 Å². The van der Waals surface area contributed by atoms with Gasteiger partial charge in [-0.2, -0.15) is 0 Å². The van der Waals surface area contributed by atoms with E-state index in [1.807, 2.05) is 74.7 Å². The maximum Gasteiger partial charge on any atom is 0.247 e. The van der Waals surface area contributed by atoms with Crippen molar-refractivity contribution in [2.24, 2.45) is 5.92 Å². The van der Waals surface area contributed by atoms with E-state index in [4.69, 9.17) is 14.5 Å². The van der Waals surface area contributed by atoms with Crippen molar-refractivity contribution >= 4 is 22.8 Å². The number of rotatable bonds is 8. The lowest BCUT2D eigenvalue weighted by Crippen LogP contribution is -2.39. The highest BCUT2D eigenvalue weighted by molar-refractivity contribution is 6.00. The molecule has 0 spiro atoms. The number of benzene rings is 2. The molecule has 6 rings (SSSR count). The van der Waals surface area contributed by atoms with Crippen LogP contribution in [0.4, 0.5) is 11.4 Å². The Morgan fingerprint density at radius 3 is 2.60 bits per heavy atom. The summed E-state index contributed by atoms with van der Waals surface area (Å²) in [6, 6.07) is 11.4. The molecule has 1 aliphatic carbocycles. The van der Waals surface area contributed by atoms with Gasteiger partial charge in [0.25, 0.3) is 0 Å². The van der Waals surface area contributed by atoms with Crippen LogP contribution in [0.5, 0.6) is 11.5 Å². The molecule has 1 amide bonds. The molecule has 1 fully saturated rings. The lowest BCUT2D eigenvalue weighted by atomic mass is 9.81. The lowest BCUT2D eigenvalue weighted by Gasteiger charge is -2.27. The van der Waals surface area contributed by atoms with Crippen molar-refractivity contribution < 1.29 is 14.3 Å². The van der Waals surface area contributed by atoms with E-state index in [9.17, 15) is 4.79 Å². The van der Waals surface area contributed by atoms with Gasteiger partial charge in [-0.1, -0.05) is 12.1 Å². The molecule has 1 unspecified atom stereocenters. The summed E-state index contributed by atoms with van der Waals surface area (Å²) in [5.41, 5.74) is 6.47. The summed E-state index contributed by atoms with van der Waals surface area (Å²) in [4.78, 5) is 25.3. The minimum atomic E-state index is -0.350. The van der Waals surface area contributed by atoms with Crippen LogP contribution in [0, 0.1) is 12.8 Å². The van der Waals surface area contributed by atoms with Crippen LogP contribution in [-0.2, 0) is 11.2 Å². The number of aromatic nitrogens is 3. The predicted octanol–water partition coefficient (Wildman–Crippen LogP) is 5.21. The maximum atomic E-state index is 13.5. The zero-order valence-corrected chi connectivity index (χ0v) is 25.1. The van der Waals surface area contributed by atoms with E-state index >= 15 is 0 Å². The fraction of sp³-hybridized carbons (Fsp3) is 0.424. The van der Waals surface area contributed by atoms with Crippen molar-refractivity contribution in [3.8, 4) is 22.8 Å². The van der Waals surface area contributed by atoms with Crippen LogP contribution in [0.25, 0.3) is 16.8 Å². The summed E-state index contributed by atoms with van der Waals surface area (Å²) >= 11 is 0. The van der Waals surface area contributed by atoms with Crippen LogP contribution in [-0.4, -0.2) is 61.2 Å². The molecule has 1 saturated carbocycles. The van der Waals surface area contributed by atoms with Gasteiger partial charge in [0.15, 0.2) is 0 Å². The number of likely N-dealkylation sites (N-methyl/N-ethyl adjacent to an activating group) is 1. The Hall–Kier alpha value is -4.11. The van der Waals surface area contributed by atoms with Crippen molar-refractivity contribution in [1.29, 1.82) is 0 Å². The Labute approximate surface area is 247 Å². The molecule has 220 valence electrons. The summed E-state index contributed by atoms with van der Waals surface area (Å²) in [5.74, 6) is 3.54. The lowest BCUT2D eigenvalue weighted by molar-refractivity contribution is -0.117. The highest BCUT2D eigenvalue weighted by Gasteiger charge is 2.34. The number of nitrogens with zero attached hydrogens (tertiary/aromatic N) is 4. The monoisotopic (exact) mass is 568 g/mol. The minimum Gasteiger partial charge on any atom is -0.496 e. The smallest absolute Gasteiger partial charge is 0.247 e. The van der Waals surface area contributed by atoms with Crippen molar-refractivity contribution in [2.75, 3.05) is 45.1 Å². The number of aryl methyl sites for hydroxylation is 1. The SMILES string of the molecule is CNCC1CCC(c2nc(-c3ccc(NC(=O)C4Cc5c(OC)cccc5N4C)c(OC)c3)c3c(C)nccn23)CC1. The summed E-state index contributed by atoms with van der Waals surface area (Å²) in [6.45, 7) is 3.11. The van der Waals surface area contributed by atoms with Gasteiger partial charge < -0.3 is 25.0 Å². The van der Waals surface area contributed by atoms with Gasteiger partial charge in [0, 0.05) is 48.6 Å². The number of fused-ring (bicyclic) bond motifs is 2. The van der Waals surface area contributed by atoms with Crippen molar-refractivity contribution in [3.63, 3.8) is 0 Å². The first-order valence-electron chi connectivity index (χ1n) is 14.8. The van der Waals surface area contributed by atoms with E-state index in [-0.39, 0.29) is 11.9 Å². The normalized spacial score (nSPS) is 20.0. The minimum absolute atomic E-state index is 0.0922. The number of anilines is 2. The zero-order valence-electron chi connectivity index (χ0n) is 25.1. The summed E-state index contributed by atoms with van der Waals surface area (Å²) in [6.07, 6.45) is 9.14. The molecule has 2 aromatic heterocycles. The predicted molar refractivity (Wildman–Crippen MR) is 166 cm³/mol. The van der Waals surface area contributed by atoms with E-state index in [2.05, 4.69) is 20.0 Å². The number of carbonyl (C=O) groups excluding carboxylic acids is 1. The summed E-state index contributed by atoms with van der Waals surface area (Å²) in [7, 11) is 7.27. The van der Waals surface area contributed by atoms with Crippen LogP contribution >= 0.6 is 0 Å². The third-order valence-corrected chi connectivity index (χ3v) is 9.08. The average Bonchev–Trinajstić information content (AvgIpc) is 3.57. The molecule has 1 atom stereocenters. The molecule has 9 nitrogen and oxygen atoms in total. The number of amides is 1. The zero-order chi connectivity index (χ0) is 29.4. The molecule has 1 aliphatic heterocycles. The fourth-order valence-electron chi connectivity index (χ4n) is 6.83. The van der Waals surface area contributed by atoms with Crippen molar-refractivity contribution in [1.82, 2.24) is 19.7 Å². The largest absolute Gasteiger partial charge is 0.496 e. The molecule has 42 heavy (non-hydrogen) atoms. The highest BCUT2D eigenvalue weighted by Crippen LogP contribution is 2.40. The molecule has 4 aromatic rings. The van der Waals surface area contributed by atoms with Gasteiger partial charge >= 0.3 is 0 Å². The molecule has 0 radical (unpaired) electrons. The molecule has 2 N–H and O–H groups in total. The number of methoxy groups -OCH3 is 2. The van der Waals surface area contributed by atoms with Gasteiger partial charge in [0.05, 0.1) is 36.8 Å². The fourth-order valence-corrected chi connectivity index (χ4v) is 6.83. The number of hydrogen-bond donors (Lipinski definition) is 2. The molecule has 0 bridgehead atoms. The second kappa shape index (κ2) is 11.6. The number of ether oxygens (including phenoxy) is 2. The van der Waals surface area contributed by atoms with Gasteiger partial charge in [-0.15, -0.1) is 0 Å². The Kier molecular flexibility index (Phi) is 7.77. The third-order valence-electron chi connectivity index (χ3n) is 9.08. The third kappa shape index (κ3) is 4.96. The van der Waals surface area contributed by atoms with E-state index in [1.165, 1.54) is 12.8 Å². The first-order chi connectivity index (χ1) is 20.4. The summed E-state index contributed by atoms with van der Waals surface area (Å²) < 4.78 is 13.6. The Morgan fingerprint density at radius 1 is 1.07 bits per heavy atom. The van der Waals surface area contributed by atoms with Gasteiger partial charge in [0.1, 0.15) is 23.4 Å². The Bertz CT molecular complexity index is 1610. The standard InChI is InChI=1S/C33H40N6O3/c1-20-31-30(37-32(39(31)16-15-35-20)22-11-9-21(10-12-22)19-34-2)23-13-14-25(29(17-23)42-5)36-33(40)27-18-24-26(38(27)3)7-6-8-28(24)41-4/h6-8,13-17,21-22,27,34H,9-12,18-19H2,1-5H3,(H,36,40). The second-order valence-corrected chi connectivity index (χ2v) is 11.5. The Balaban J connectivity index is 1.28. The number of carbonyl (C=O) groups is 1. The van der Waals surface area contributed by atoms with Gasteiger partial charge in [-0.05, 0) is 76.4 Å². The van der Waals surface area contributed by atoms with Crippen LogP contribution in [0.2, 0.25) is 0 Å². The van der Waals surface area contributed by atoms with Gasteiger partial charge in [0.2, 0.25) is 5.91 Å². The molecule has 0 saturated heterocycles. The van der Waals surface area contributed by atoms with Crippen molar-refractivity contribution in [3.05, 3.63) is 65.9 Å². The topological polar surface area (TPSA) is 93.0 Å². The van der Waals surface area contributed by atoms with Crippen LogP contribution in [0.3, 0.4) is 0 Å². The highest BCUT2D eigenvalue weighted by atomic mass is 16.5. The number of imidazole rings is 1. The molecule has 9 heteroatoms. The van der Waals surface area contributed by atoms with Crippen LogP contribution in [0.1, 0.15) is 48.7 Å². The van der Waals surface area contributed by atoms with E-state index < -0.39 is 0 Å². The Morgan fingerprint density at radius 2 is 1.86 bits per heavy atom. The second-order valence-electron chi connectivity index (χ2n) is 11.5. The number of hydrogen-bond acceptors (Lipinski definition) is 7. The summed E-state index contributed by atoms with van der Waals surface area (Å²) in [5, 5.41) is 6.45. The van der Waals surface area contributed by atoms with Crippen LogP contribution in [0.15, 0.2) is 48.8 Å². The molecular formula is C33H40N6O3. The maximum absolute atomic E-state index is 13.5. The first kappa shape index (κ1) is 28.0. The number of nitrogens with one attached hydrogen (secondary N) is 2. The van der Waals surface area contributed by atoms with E-state index in [1.54, 1.807) is 14.2 Å². The van der Waals surface area contributed by atoms with E-state index in [0.717, 1.165) is 70.6 Å². The van der Waals surface area contributed by atoms with Crippen molar-refractivity contribution in [2.45, 2.75) is 51.0 Å². The van der Waals surface area contributed by atoms with Crippen LogP contribution < -0.4 is 25.0 Å². The quantitative estimate of drug-likeness (QED) is 0.301. The molecule has 3 heterocycles. The molecule has 2 aliphatic rings. The molecular weight excluding hydrogens is 528 g/mol. The molecule has 2 aromatic carbocycles. The average molecular weight is 569 g/mol. The van der Waals surface area contributed by atoms with E-state index in [0.29, 0.717) is 23.8 Å².